The van der Waals surface area contributed by atoms with Crippen molar-refractivity contribution >= 4 is 5.78 Å². The molecule has 0 bridgehead atoms. The monoisotopic (exact) mass is 528 g/mol. The van der Waals surface area contributed by atoms with Crippen molar-refractivity contribution in [3.63, 3.8) is 0 Å². The number of hydrogen-bond acceptors (Lipinski definition) is 5. The summed E-state index contributed by atoms with van der Waals surface area (Å²) < 4.78 is 58.2. The van der Waals surface area contributed by atoms with Crippen molar-refractivity contribution in [2.45, 2.75) is 58.4 Å². The van der Waals surface area contributed by atoms with Crippen molar-refractivity contribution in [2.24, 2.45) is 0 Å². The number of ether oxygens (including phenoxy) is 3. The standard InChI is InChI=1S/C30H31F3O5/c1-19(34)15-24(35)7-3-5-21-9-11-26(30(31,32)33)28(16-21)38-18-23-6-4-8-25(20(23)2)22-10-12-27-29(17-22)37-14-13-36-27/h4,6,8-12,16-17,24,35H,3,5,7,13-15,18H2,1-2H3/t24-/m1/s1. The summed E-state index contributed by atoms with van der Waals surface area (Å²) in [6.07, 6.45) is -3.84. The van der Waals surface area contributed by atoms with Crippen molar-refractivity contribution in [2.75, 3.05) is 13.2 Å². The van der Waals surface area contributed by atoms with Crippen molar-refractivity contribution in [3.8, 4) is 28.4 Å². The Morgan fingerprint density at radius 1 is 1.05 bits per heavy atom. The van der Waals surface area contributed by atoms with E-state index >= 15 is 0 Å². The highest BCUT2D eigenvalue weighted by Crippen LogP contribution is 2.39. The van der Waals surface area contributed by atoms with Gasteiger partial charge in [-0.1, -0.05) is 30.3 Å². The Kier molecular flexibility index (Phi) is 8.62. The Labute approximate surface area is 220 Å². The maximum Gasteiger partial charge on any atom is 0.419 e. The van der Waals surface area contributed by atoms with E-state index in [9.17, 15) is 23.1 Å². The number of aliphatic hydroxyl groups is 1. The maximum atomic E-state index is 13.7. The second kappa shape index (κ2) is 11.9. The highest BCUT2D eigenvalue weighted by Gasteiger charge is 2.34. The molecule has 1 aliphatic rings. The summed E-state index contributed by atoms with van der Waals surface area (Å²) in [4.78, 5) is 11.1. The quantitative estimate of drug-likeness (QED) is 0.318. The number of alkyl halides is 3. The first-order chi connectivity index (χ1) is 18.1. The molecule has 1 N–H and O–H groups in total. The van der Waals surface area contributed by atoms with Crippen LogP contribution < -0.4 is 14.2 Å². The zero-order valence-electron chi connectivity index (χ0n) is 21.4. The predicted octanol–water partition coefficient (Wildman–Crippen LogP) is 6.69. The largest absolute Gasteiger partial charge is 0.488 e. The second-order valence-electron chi connectivity index (χ2n) is 9.52. The van der Waals surface area contributed by atoms with Crippen LogP contribution in [0.15, 0.2) is 54.6 Å². The van der Waals surface area contributed by atoms with Crippen LogP contribution in [0.2, 0.25) is 0 Å². The number of aryl methyl sites for hydroxylation is 1. The molecule has 0 saturated heterocycles. The second-order valence-corrected chi connectivity index (χ2v) is 9.52. The van der Waals surface area contributed by atoms with Gasteiger partial charge in [0.05, 0.1) is 11.7 Å². The first-order valence-electron chi connectivity index (χ1n) is 12.6. The van der Waals surface area contributed by atoms with Gasteiger partial charge in [0, 0.05) is 6.42 Å². The molecule has 0 unspecified atom stereocenters. The van der Waals surface area contributed by atoms with E-state index in [1.165, 1.54) is 19.1 Å². The van der Waals surface area contributed by atoms with Crippen LogP contribution >= 0.6 is 0 Å². The number of benzene rings is 3. The number of halogens is 3. The molecule has 3 aromatic carbocycles. The summed E-state index contributed by atoms with van der Waals surface area (Å²) in [7, 11) is 0. The van der Waals surface area contributed by atoms with Crippen LogP contribution in [0.3, 0.4) is 0 Å². The Hall–Kier alpha value is -3.52. The van der Waals surface area contributed by atoms with E-state index in [0.717, 1.165) is 28.3 Å². The number of hydrogen-bond donors (Lipinski definition) is 1. The summed E-state index contributed by atoms with van der Waals surface area (Å²) in [6, 6.07) is 15.2. The molecule has 0 radical (unpaired) electrons. The molecule has 202 valence electrons. The lowest BCUT2D eigenvalue weighted by atomic mass is 9.96. The molecule has 1 heterocycles. The normalized spacial score (nSPS) is 13.7. The van der Waals surface area contributed by atoms with Crippen LogP contribution in [0.5, 0.6) is 17.2 Å². The van der Waals surface area contributed by atoms with Crippen molar-refractivity contribution in [3.05, 3.63) is 76.9 Å². The molecule has 0 amide bonds. The Bertz CT molecular complexity index is 1290. The van der Waals surface area contributed by atoms with Gasteiger partial charge < -0.3 is 19.3 Å². The van der Waals surface area contributed by atoms with E-state index in [1.807, 2.05) is 43.3 Å². The lowest BCUT2D eigenvalue weighted by Crippen LogP contribution is -2.15. The Balaban J connectivity index is 1.51. The van der Waals surface area contributed by atoms with E-state index in [4.69, 9.17) is 14.2 Å². The average molecular weight is 529 g/mol. The summed E-state index contributed by atoms with van der Waals surface area (Å²) in [5.41, 5.74) is 3.34. The third-order valence-electron chi connectivity index (χ3n) is 6.56. The number of rotatable bonds is 10. The fourth-order valence-corrected chi connectivity index (χ4v) is 4.57. The highest BCUT2D eigenvalue weighted by atomic mass is 19.4. The Morgan fingerprint density at radius 3 is 2.55 bits per heavy atom. The van der Waals surface area contributed by atoms with Crippen LogP contribution in [0.4, 0.5) is 13.2 Å². The highest BCUT2D eigenvalue weighted by molar-refractivity contribution is 5.75. The van der Waals surface area contributed by atoms with E-state index < -0.39 is 17.8 Å². The van der Waals surface area contributed by atoms with Crippen LogP contribution in [0, 0.1) is 6.92 Å². The van der Waals surface area contributed by atoms with Crippen molar-refractivity contribution in [1.29, 1.82) is 0 Å². The average Bonchev–Trinajstić information content (AvgIpc) is 2.87. The zero-order valence-corrected chi connectivity index (χ0v) is 21.4. The maximum absolute atomic E-state index is 13.7. The molecule has 0 saturated carbocycles. The van der Waals surface area contributed by atoms with Crippen LogP contribution in [-0.2, 0) is 24.0 Å². The zero-order chi connectivity index (χ0) is 27.3. The van der Waals surface area contributed by atoms with Crippen molar-refractivity contribution in [1.82, 2.24) is 0 Å². The fourth-order valence-electron chi connectivity index (χ4n) is 4.57. The third-order valence-corrected chi connectivity index (χ3v) is 6.56. The third kappa shape index (κ3) is 6.86. The minimum Gasteiger partial charge on any atom is -0.488 e. The van der Waals surface area contributed by atoms with Gasteiger partial charge in [0.15, 0.2) is 11.5 Å². The minimum atomic E-state index is -4.56. The van der Waals surface area contributed by atoms with Gasteiger partial charge >= 0.3 is 6.18 Å². The van der Waals surface area contributed by atoms with Crippen LogP contribution in [0.25, 0.3) is 11.1 Å². The summed E-state index contributed by atoms with van der Waals surface area (Å²) in [5.74, 6) is 1.01. The number of carbonyl (C=O) groups excluding carboxylic acids is 1. The number of fused-ring (bicyclic) bond motifs is 1. The van der Waals surface area contributed by atoms with Crippen molar-refractivity contribution < 1.29 is 37.3 Å². The molecule has 38 heavy (non-hydrogen) atoms. The molecule has 0 aliphatic carbocycles. The van der Waals surface area contributed by atoms with Crippen LogP contribution in [0.1, 0.15) is 48.4 Å². The minimum absolute atomic E-state index is 0.0336. The first kappa shape index (κ1) is 27.5. The van der Waals surface area contributed by atoms with Gasteiger partial charge in [-0.25, -0.2) is 0 Å². The summed E-state index contributed by atoms with van der Waals surface area (Å²) in [6.45, 7) is 4.27. The summed E-state index contributed by atoms with van der Waals surface area (Å²) >= 11 is 0. The first-order valence-corrected chi connectivity index (χ1v) is 12.6. The van der Waals surface area contributed by atoms with Crippen LogP contribution in [-0.4, -0.2) is 30.2 Å². The number of ketones is 1. The Morgan fingerprint density at radius 2 is 1.82 bits per heavy atom. The smallest absolute Gasteiger partial charge is 0.419 e. The van der Waals surface area contributed by atoms with E-state index in [1.54, 1.807) is 0 Å². The number of carbonyl (C=O) groups is 1. The lowest BCUT2D eigenvalue weighted by molar-refractivity contribution is -0.139. The summed E-state index contributed by atoms with van der Waals surface area (Å²) in [5, 5.41) is 9.89. The molecular formula is C30H31F3O5. The molecule has 5 nitrogen and oxygen atoms in total. The van der Waals surface area contributed by atoms with E-state index in [-0.39, 0.29) is 24.6 Å². The van der Waals surface area contributed by atoms with E-state index in [0.29, 0.717) is 49.5 Å². The molecule has 0 fully saturated rings. The van der Waals surface area contributed by atoms with Gasteiger partial charge in [0.25, 0.3) is 0 Å². The SMILES string of the molecule is CC(=O)C[C@H](O)CCCc1ccc(C(F)(F)F)c(OCc2cccc(-c3ccc4c(c3)OCCO4)c2C)c1. The fraction of sp³-hybridized carbons (Fsp3) is 0.367. The molecule has 0 spiro atoms. The molecule has 1 aliphatic heterocycles. The predicted molar refractivity (Wildman–Crippen MR) is 138 cm³/mol. The molecule has 4 rings (SSSR count). The molecule has 8 heteroatoms. The van der Waals surface area contributed by atoms with Gasteiger partial charge in [0.2, 0.25) is 0 Å². The number of aliphatic hydroxyl groups excluding tert-OH is 1. The lowest BCUT2D eigenvalue weighted by Gasteiger charge is -2.20. The van der Waals surface area contributed by atoms with Gasteiger partial charge in [-0.3, -0.25) is 4.79 Å². The van der Waals surface area contributed by atoms with Gasteiger partial charge in [-0.2, -0.15) is 13.2 Å². The topological polar surface area (TPSA) is 65.0 Å². The number of Topliss-reactive ketones (excluding diaryl/α,β-unsaturated/α-hetero) is 1. The molecule has 1 atom stereocenters. The molecular weight excluding hydrogens is 497 g/mol. The van der Waals surface area contributed by atoms with E-state index in [2.05, 4.69) is 0 Å². The van der Waals surface area contributed by atoms with Gasteiger partial charge in [-0.05, 0) is 85.2 Å². The van der Waals surface area contributed by atoms with Gasteiger partial charge in [0.1, 0.15) is 31.4 Å². The molecule has 3 aromatic rings. The molecule has 0 aromatic heterocycles. The van der Waals surface area contributed by atoms with Gasteiger partial charge in [-0.15, -0.1) is 0 Å².